The molecule has 3 unspecified atom stereocenters. The zero-order chi connectivity index (χ0) is 38.4. The van der Waals surface area contributed by atoms with Gasteiger partial charge in [-0.25, -0.2) is 28.6 Å². The number of nitrogens with one attached hydrogen (secondary N) is 2. The minimum absolute atomic E-state index is 0. The number of phosphoric ester groups is 3. The van der Waals surface area contributed by atoms with Crippen molar-refractivity contribution in [1.29, 1.82) is 0 Å². The van der Waals surface area contributed by atoms with Gasteiger partial charge in [0.25, 0.3) is 0 Å². The zero-order valence-electron chi connectivity index (χ0n) is 28.1. The van der Waals surface area contributed by atoms with E-state index in [-0.39, 0.29) is 71.2 Å². The molecule has 2 amide bonds. The van der Waals surface area contributed by atoms with Crippen molar-refractivity contribution in [1.82, 2.24) is 30.2 Å². The molecule has 1 aliphatic heterocycles. The molecule has 29 heteroatoms. The number of hydrogen-bond acceptors (Lipinski definition) is 18. The number of nitrogen functional groups attached to an aromatic ring is 1. The summed E-state index contributed by atoms with van der Waals surface area (Å²) in [5, 5.41) is 26.1. The van der Waals surface area contributed by atoms with Crippen molar-refractivity contribution in [2.24, 2.45) is 5.41 Å². The predicted molar refractivity (Wildman–Crippen MR) is 179 cm³/mol. The number of nitrogens with two attached hydrogens (primary N) is 1. The molecule has 0 bridgehead atoms. The quantitative estimate of drug-likeness (QED) is 0.0433. The summed E-state index contributed by atoms with van der Waals surface area (Å²) in [6, 6.07) is 0. The van der Waals surface area contributed by atoms with Crippen molar-refractivity contribution in [3.05, 3.63) is 12.7 Å². The molecule has 24 nitrogen and oxygen atoms in total. The van der Waals surface area contributed by atoms with Gasteiger partial charge in [0.2, 0.25) is 11.8 Å². The number of carbonyl (C=O) groups is 3. The van der Waals surface area contributed by atoms with Crippen molar-refractivity contribution in [2.75, 3.05) is 37.8 Å². The van der Waals surface area contributed by atoms with Gasteiger partial charge in [0, 0.05) is 67.2 Å². The Morgan fingerprint density at radius 3 is 2.37 bits per heavy atom. The second-order valence-electron chi connectivity index (χ2n) is 11.4. The maximum absolute atomic E-state index is 12.6. The third-order valence-electron chi connectivity index (χ3n) is 6.81. The van der Waals surface area contributed by atoms with Crippen LogP contribution in [0.15, 0.2) is 12.7 Å². The fourth-order valence-corrected chi connectivity index (χ4v) is 7.65. The monoisotopic (exact) mass is 832 g/mol. The zero-order valence-corrected chi connectivity index (χ0v) is 33.6. The molecule has 2 aromatic rings. The number of carbonyl (C=O) groups excluding carboxylic acids is 3. The summed E-state index contributed by atoms with van der Waals surface area (Å²) in [6.07, 6.45) is -6.88. The first kappa shape index (κ1) is 46.7. The number of anilines is 1. The van der Waals surface area contributed by atoms with Crippen LogP contribution in [0.25, 0.3) is 11.2 Å². The third-order valence-corrected chi connectivity index (χ3v) is 10.7. The second kappa shape index (κ2) is 19.4. The number of fused-ring (bicyclic) bond motifs is 1. The number of amides is 2. The number of phosphoric acid groups is 3. The van der Waals surface area contributed by atoms with Crippen LogP contribution in [0.4, 0.5) is 5.82 Å². The molecule has 3 rings (SSSR count). The van der Waals surface area contributed by atoms with Crippen LogP contribution >= 0.6 is 35.2 Å². The summed E-state index contributed by atoms with van der Waals surface area (Å²) >= 11 is 1.03. The molecular weight excluding hydrogens is 794 g/mol. The number of aliphatic hydroxyl groups excluding tert-OH is 2. The fourth-order valence-electron chi connectivity index (χ4n) is 4.32. The van der Waals surface area contributed by atoms with E-state index in [1.54, 1.807) is 0 Å². The van der Waals surface area contributed by atoms with E-state index in [0.29, 0.717) is 5.75 Å². The standard InChI is InChI=1S/C23H38N7O17P3S.Na/c1-12(31)51-7-6-25-14(32)4-5-26-21(35)18(34)23(2,3)9-44-50(41,42)47-49(39,40)43-8-13-17(46-48(36,37)38)16(33)22(45-13)30-11-29-15-19(24)27-10-28-20(15)30;/h10-11,13,16-18,22,33-34H,4-9H2,1-3H3,(H,25,32)(H,26,35)(H,39,40)(H,41,42)(H2,24,27,28)(H2,36,37,38);/t13-,16-,17-,18?,22-;/m1./s1. The van der Waals surface area contributed by atoms with Crippen molar-refractivity contribution >= 4 is 98.7 Å². The largest absolute Gasteiger partial charge is 0.481 e. The molecule has 0 aromatic carbocycles. The van der Waals surface area contributed by atoms with Gasteiger partial charge in [-0.15, -0.1) is 0 Å². The SMILES string of the molecule is CC(=O)SCCNC(=O)CCNC(=O)C(O)C(C)(C)COP(=O)(O)OP(=O)(O)OC[C@H]1O[C@@H](n2cnc3c(N)ncnc32)[C@H](O)[C@@H]1OP(=O)(O)O.[Na]. The van der Waals surface area contributed by atoms with E-state index in [9.17, 15) is 57.9 Å². The Morgan fingerprint density at radius 2 is 1.73 bits per heavy atom. The van der Waals surface area contributed by atoms with Gasteiger partial charge < -0.3 is 50.9 Å². The topological polar surface area (TPSA) is 364 Å². The number of ether oxygens (including phenoxy) is 1. The van der Waals surface area contributed by atoms with Crippen LogP contribution in [-0.2, 0) is 50.7 Å². The van der Waals surface area contributed by atoms with E-state index < -0.39 is 84.6 Å². The summed E-state index contributed by atoms with van der Waals surface area (Å²) < 4.78 is 61.8. The number of rotatable bonds is 19. The second-order valence-corrected chi connectivity index (χ2v) is 16.9. The van der Waals surface area contributed by atoms with E-state index in [1.807, 2.05) is 0 Å². The van der Waals surface area contributed by atoms with Crippen LogP contribution in [-0.4, -0.2) is 152 Å². The van der Waals surface area contributed by atoms with E-state index >= 15 is 0 Å². The summed E-state index contributed by atoms with van der Waals surface area (Å²) in [4.78, 5) is 85.9. The number of aliphatic hydroxyl groups is 2. The van der Waals surface area contributed by atoms with Crippen molar-refractivity contribution in [3.63, 3.8) is 0 Å². The van der Waals surface area contributed by atoms with Crippen LogP contribution < -0.4 is 16.4 Å². The van der Waals surface area contributed by atoms with E-state index in [2.05, 4.69) is 34.4 Å². The van der Waals surface area contributed by atoms with Gasteiger partial charge in [-0.3, -0.25) is 32.5 Å². The molecule has 2 aromatic heterocycles. The average Bonchev–Trinajstić information content (AvgIpc) is 3.57. The van der Waals surface area contributed by atoms with Crippen LogP contribution in [0.2, 0.25) is 0 Å². The van der Waals surface area contributed by atoms with E-state index in [4.69, 9.17) is 19.5 Å². The minimum atomic E-state index is -5.56. The summed E-state index contributed by atoms with van der Waals surface area (Å²) in [7, 11) is -16.4. The Bertz CT molecular complexity index is 1720. The van der Waals surface area contributed by atoms with Crippen LogP contribution in [0.5, 0.6) is 0 Å². The van der Waals surface area contributed by atoms with Gasteiger partial charge in [0.15, 0.2) is 22.8 Å². The Morgan fingerprint density at radius 1 is 1.08 bits per heavy atom. The van der Waals surface area contributed by atoms with E-state index in [1.165, 1.54) is 20.8 Å². The number of nitrogens with zero attached hydrogens (tertiary/aromatic N) is 4. The molecular formula is C23H38N7NaO17P3S. The predicted octanol–water partition coefficient (Wildman–Crippen LogP) is -1.70. The Labute approximate surface area is 321 Å². The molecule has 0 saturated carbocycles. The summed E-state index contributed by atoms with van der Waals surface area (Å²) in [6.45, 7) is 1.90. The molecule has 0 spiro atoms. The smallest absolute Gasteiger partial charge is 0.386 e. The van der Waals surface area contributed by atoms with Gasteiger partial charge >= 0.3 is 23.5 Å². The van der Waals surface area contributed by atoms with Crippen molar-refractivity contribution in [3.8, 4) is 0 Å². The van der Waals surface area contributed by atoms with Crippen LogP contribution in [0, 0.1) is 5.41 Å². The molecule has 1 aliphatic rings. The normalized spacial score (nSPS) is 22.2. The molecule has 1 saturated heterocycles. The molecule has 1 radical (unpaired) electrons. The molecule has 0 aliphatic carbocycles. The third kappa shape index (κ3) is 14.0. The molecule has 1 fully saturated rings. The first-order chi connectivity index (χ1) is 23.5. The molecule has 52 heavy (non-hydrogen) atoms. The number of hydrogen-bond donors (Lipinski definition) is 9. The molecule has 10 N–H and O–H groups in total. The van der Waals surface area contributed by atoms with Gasteiger partial charge in [-0.1, -0.05) is 25.6 Å². The Kier molecular flexibility index (Phi) is 17.5. The van der Waals surface area contributed by atoms with Gasteiger partial charge in [-0.2, -0.15) is 4.31 Å². The Balaban J connectivity index is 0.00000936. The van der Waals surface area contributed by atoms with Crippen molar-refractivity contribution in [2.45, 2.75) is 57.8 Å². The van der Waals surface area contributed by atoms with Gasteiger partial charge in [0.1, 0.15) is 36.3 Å². The van der Waals surface area contributed by atoms with Gasteiger partial charge in [-0.05, 0) is 0 Å². The maximum Gasteiger partial charge on any atom is 0.481 e. The van der Waals surface area contributed by atoms with Crippen molar-refractivity contribution < 1.29 is 80.5 Å². The molecule has 289 valence electrons. The van der Waals surface area contributed by atoms with Crippen LogP contribution in [0.1, 0.15) is 33.4 Å². The number of aromatic nitrogens is 4. The summed E-state index contributed by atoms with van der Waals surface area (Å²) in [5.41, 5.74) is 4.26. The molecule has 7 atom stereocenters. The number of imidazole rings is 1. The van der Waals surface area contributed by atoms with Crippen LogP contribution in [0.3, 0.4) is 0 Å². The Hall–Kier alpha value is -1.44. The minimum Gasteiger partial charge on any atom is -0.386 e. The average molecular weight is 833 g/mol. The van der Waals surface area contributed by atoms with E-state index in [0.717, 1.165) is 29.0 Å². The molecule has 3 heterocycles. The van der Waals surface area contributed by atoms with Gasteiger partial charge in [0.05, 0.1) is 19.5 Å². The fraction of sp³-hybridized carbons (Fsp3) is 0.652. The first-order valence-corrected chi connectivity index (χ1v) is 20.0. The summed E-state index contributed by atoms with van der Waals surface area (Å²) in [5.74, 6) is -1.08. The number of thioether (sulfide) groups is 1. The first-order valence-electron chi connectivity index (χ1n) is 14.5. The maximum atomic E-state index is 12.6.